The minimum absolute atomic E-state index is 0.0746. The van der Waals surface area contributed by atoms with Gasteiger partial charge >= 0.3 is 12.0 Å². The van der Waals surface area contributed by atoms with Gasteiger partial charge in [-0.25, -0.2) is 9.97 Å². The van der Waals surface area contributed by atoms with E-state index in [1.807, 2.05) is 50.0 Å². The lowest BCUT2D eigenvalue weighted by Crippen LogP contribution is -2.06. The topological polar surface area (TPSA) is 102 Å². The van der Waals surface area contributed by atoms with Gasteiger partial charge in [-0.3, -0.25) is 9.48 Å². The van der Waals surface area contributed by atoms with Crippen molar-refractivity contribution in [3.63, 3.8) is 0 Å². The molecule has 170 valence electrons. The van der Waals surface area contributed by atoms with Crippen LogP contribution in [0.25, 0.3) is 22.0 Å². The number of hydrogen-bond acceptors (Lipinski definition) is 6. The van der Waals surface area contributed by atoms with Crippen LogP contribution in [0.3, 0.4) is 0 Å². The van der Waals surface area contributed by atoms with Crippen LogP contribution in [0.2, 0.25) is 0 Å². The Balaban J connectivity index is 1.76. The number of aryl methyl sites for hydroxylation is 1. The average Bonchev–Trinajstić information content (AvgIpc) is 3.19. The highest BCUT2D eigenvalue weighted by Gasteiger charge is 2.17. The zero-order valence-corrected chi connectivity index (χ0v) is 18.9. The number of carbonyl (C=O) groups is 1. The smallest absolute Gasteiger partial charge is 0.316 e. The predicted molar refractivity (Wildman–Crippen MR) is 128 cm³/mol. The second-order valence-electron chi connectivity index (χ2n) is 7.86. The summed E-state index contributed by atoms with van der Waals surface area (Å²) < 4.78 is 7.18. The summed E-state index contributed by atoms with van der Waals surface area (Å²) in [4.78, 5) is 19.8. The van der Waals surface area contributed by atoms with Gasteiger partial charge in [0.05, 0.1) is 42.8 Å². The summed E-state index contributed by atoms with van der Waals surface area (Å²) in [5, 5.41) is 18.1. The van der Waals surface area contributed by atoms with Crippen molar-refractivity contribution in [2.45, 2.75) is 32.6 Å². The number of carboxylic acid groups (broad SMARTS) is 1. The van der Waals surface area contributed by atoms with Gasteiger partial charge in [0.25, 0.3) is 0 Å². The van der Waals surface area contributed by atoms with E-state index in [2.05, 4.69) is 38.6 Å². The third-order valence-electron chi connectivity index (χ3n) is 5.67. The van der Waals surface area contributed by atoms with Gasteiger partial charge in [-0.15, -0.1) is 0 Å². The molecule has 2 aromatic carbocycles. The molecule has 0 fully saturated rings. The van der Waals surface area contributed by atoms with Gasteiger partial charge in [0, 0.05) is 23.7 Å². The number of rotatable bonds is 9. The van der Waals surface area contributed by atoms with Crippen LogP contribution in [0, 0.1) is 0 Å². The van der Waals surface area contributed by atoms with E-state index in [0.717, 1.165) is 39.7 Å². The number of ether oxygens (including phenoxy) is 1. The second-order valence-corrected chi connectivity index (χ2v) is 7.86. The molecule has 8 nitrogen and oxygen atoms in total. The van der Waals surface area contributed by atoms with Crippen LogP contribution < -0.4 is 10.1 Å². The summed E-state index contributed by atoms with van der Waals surface area (Å²) in [6.07, 6.45) is 6.02. The summed E-state index contributed by atoms with van der Waals surface area (Å²) in [6, 6.07) is 12.6. The third kappa shape index (κ3) is 4.95. The predicted octanol–water partition coefficient (Wildman–Crippen LogP) is 5.14. The first-order valence-corrected chi connectivity index (χ1v) is 11.0. The monoisotopic (exact) mass is 445 g/mol. The zero-order chi connectivity index (χ0) is 23.4. The van der Waals surface area contributed by atoms with Crippen molar-refractivity contribution in [2.75, 3.05) is 11.9 Å². The van der Waals surface area contributed by atoms with E-state index in [1.54, 1.807) is 12.4 Å². The molecule has 0 aliphatic heterocycles. The van der Waals surface area contributed by atoms with Crippen molar-refractivity contribution in [3.05, 3.63) is 60.6 Å². The van der Waals surface area contributed by atoms with Crippen LogP contribution in [-0.2, 0) is 11.8 Å². The number of fused-ring (bicyclic) bond motifs is 1. The molecule has 2 N–H and O–H groups in total. The van der Waals surface area contributed by atoms with Crippen LogP contribution in [0.15, 0.2) is 55.0 Å². The summed E-state index contributed by atoms with van der Waals surface area (Å²) in [5.41, 5.74) is 5.61. The standard InChI is InChI=1S/C25H27N5O3/c1-4-16(12-24(31)32)17-6-8-21(18-7-9-23-19(10-18)13-28-30(23)3)22(11-17)29-20-14-26-25(27-15-20)33-5-2/h6-11,13-16,29H,4-5,12H2,1-3H3,(H,31,32)/t16-/m1/s1. The molecule has 0 bridgehead atoms. The minimum atomic E-state index is -0.803. The molecule has 0 saturated heterocycles. The fourth-order valence-electron chi connectivity index (χ4n) is 3.95. The lowest BCUT2D eigenvalue weighted by Gasteiger charge is -2.18. The van der Waals surface area contributed by atoms with Gasteiger partial charge in [0.15, 0.2) is 0 Å². The number of carboxylic acids is 1. The fourth-order valence-corrected chi connectivity index (χ4v) is 3.95. The Morgan fingerprint density at radius 2 is 1.91 bits per heavy atom. The third-order valence-corrected chi connectivity index (χ3v) is 5.67. The van der Waals surface area contributed by atoms with Gasteiger partial charge < -0.3 is 15.2 Å². The molecule has 0 aliphatic carbocycles. The molecular weight excluding hydrogens is 418 g/mol. The molecule has 2 heterocycles. The van der Waals surface area contributed by atoms with Gasteiger partial charge in [0.2, 0.25) is 0 Å². The first kappa shape index (κ1) is 22.3. The summed E-state index contributed by atoms with van der Waals surface area (Å²) in [5.74, 6) is -0.878. The lowest BCUT2D eigenvalue weighted by molar-refractivity contribution is -0.137. The van der Waals surface area contributed by atoms with E-state index < -0.39 is 5.97 Å². The van der Waals surface area contributed by atoms with E-state index in [-0.39, 0.29) is 12.3 Å². The van der Waals surface area contributed by atoms with Gasteiger partial charge in [0.1, 0.15) is 0 Å². The van der Waals surface area contributed by atoms with E-state index in [0.29, 0.717) is 18.3 Å². The highest BCUT2D eigenvalue weighted by atomic mass is 16.5. The highest BCUT2D eigenvalue weighted by molar-refractivity contribution is 5.89. The van der Waals surface area contributed by atoms with Crippen molar-refractivity contribution < 1.29 is 14.6 Å². The number of benzene rings is 2. The maximum Gasteiger partial charge on any atom is 0.316 e. The molecular formula is C25H27N5O3. The number of aromatic nitrogens is 4. The largest absolute Gasteiger partial charge is 0.481 e. The molecule has 8 heteroatoms. The molecule has 0 spiro atoms. The molecule has 0 saturated carbocycles. The Morgan fingerprint density at radius 1 is 1.12 bits per heavy atom. The van der Waals surface area contributed by atoms with Crippen LogP contribution >= 0.6 is 0 Å². The number of hydrogen-bond donors (Lipinski definition) is 2. The van der Waals surface area contributed by atoms with Crippen LogP contribution in [0.1, 0.15) is 38.2 Å². The number of nitrogens with zero attached hydrogens (tertiary/aromatic N) is 4. The molecule has 0 amide bonds. The van der Waals surface area contributed by atoms with Crippen LogP contribution in [0.5, 0.6) is 6.01 Å². The second kappa shape index (κ2) is 9.68. The molecule has 0 aliphatic rings. The summed E-state index contributed by atoms with van der Waals surface area (Å²) >= 11 is 0. The first-order valence-electron chi connectivity index (χ1n) is 11.0. The van der Waals surface area contributed by atoms with Crippen molar-refractivity contribution in [3.8, 4) is 17.1 Å². The molecule has 4 rings (SSSR count). The van der Waals surface area contributed by atoms with E-state index >= 15 is 0 Å². The SMILES string of the molecule is CCOc1ncc(Nc2cc([C@H](CC)CC(=O)O)ccc2-c2ccc3c(cnn3C)c2)cn1. The molecule has 1 atom stereocenters. The normalized spacial score (nSPS) is 12.0. The Kier molecular flexibility index (Phi) is 6.53. The van der Waals surface area contributed by atoms with Gasteiger partial charge in [-0.2, -0.15) is 5.10 Å². The highest BCUT2D eigenvalue weighted by Crippen LogP contribution is 2.36. The lowest BCUT2D eigenvalue weighted by atomic mass is 9.90. The van der Waals surface area contributed by atoms with Crippen molar-refractivity contribution in [1.82, 2.24) is 19.7 Å². The Hall–Kier alpha value is -3.94. The molecule has 2 aromatic heterocycles. The first-order chi connectivity index (χ1) is 16.0. The summed E-state index contributed by atoms with van der Waals surface area (Å²) in [7, 11) is 1.92. The van der Waals surface area contributed by atoms with Gasteiger partial charge in [-0.05, 0) is 48.6 Å². The Morgan fingerprint density at radius 3 is 2.61 bits per heavy atom. The fraction of sp³-hybridized carbons (Fsp3) is 0.280. The van der Waals surface area contributed by atoms with Crippen molar-refractivity contribution in [2.24, 2.45) is 7.05 Å². The van der Waals surface area contributed by atoms with Gasteiger partial charge in [-0.1, -0.05) is 25.1 Å². The summed E-state index contributed by atoms with van der Waals surface area (Å²) in [6.45, 7) is 4.39. The molecule has 0 unspecified atom stereocenters. The maximum atomic E-state index is 11.4. The van der Waals surface area contributed by atoms with Crippen molar-refractivity contribution in [1.29, 1.82) is 0 Å². The van der Waals surface area contributed by atoms with Crippen LogP contribution in [0.4, 0.5) is 11.4 Å². The number of anilines is 2. The molecule has 0 radical (unpaired) electrons. The Labute approximate surface area is 192 Å². The van der Waals surface area contributed by atoms with Crippen molar-refractivity contribution >= 4 is 28.2 Å². The van der Waals surface area contributed by atoms with E-state index in [9.17, 15) is 9.90 Å². The Bertz CT molecular complexity index is 1270. The quantitative estimate of drug-likeness (QED) is 0.368. The maximum absolute atomic E-state index is 11.4. The number of nitrogens with one attached hydrogen (secondary N) is 1. The van der Waals surface area contributed by atoms with Crippen LogP contribution in [-0.4, -0.2) is 37.4 Å². The number of aliphatic carboxylic acids is 1. The average molecular weight is 446 g/mol. The van der Waals surface area contributed by atoms with E-state index in [1.165, 1.54) is 0 Å². The minimum Gasteiger partial charge on any atom is -0.481 e. The zero-order valence-electron chi connectivity index (χ0n) is 18.9. The molecule has 4 aromatic rings. The molecule has 33 heavy (non-hydrogen) atoms. The van der Waals surface area contributed by atoms with E-state index in [4.69, 9.17) is 4.74 Å².